The Morgan fingerprint density at radius 1 is 1.64 bits per heavy atom. The Kier molecular flexibility index (Phi) is 3.09. The Bertz CT molecular complexity index is 126. The number of aliphatic hydroxyl groups is 1. The summed E-state index contributed by atoms with van der Waals surface area (Å²) in [5.41, 5.74) is 0. The predicted molar refractivity (Wildman–Crippen MR) is 46.4 cm³/mol. The zero-order valence-corrected chi connectivity index (χ0v) is 7.16. The fourth-order valence-corrected chi connectivity index (χ4v) is 1.76. The summed E-state index contributed by atoms with van der Waals surface area (Å²) in [5, 5.41) is 9.40. The molecule has 1 fully saturated rings. The van der Waals surface area contributed by atoms with Gasteiger partial charge in [0.15, 0.2) is 0 Å². The zero-order valence-electron chi connectivity index (χ0n) is 7.16. The third kappa shape index (κ3) is 2.64. The molecule has 0 aromatic carbocycles. The van der Waals surface area contributed by atoms with Crippen LogP contribution in [0.4, 0.5) is 0 Å². The molecule has 1 aliphatic rings. The predicted octanol–water partition coefficient (Wildman–Crippen LogP) is 0.875. The van der Waals surface area contributed by atoms with Crippen molar-refractivity contribution in [3.63, 3.8) is 0 Å². The van der Waals surface area contributed by atoms with Crippen LogP contribution >= 0.6 is 0 Å². The number of hydrogen-bond acceptors (Lipinski definition) is 2. The normalized spacial score (nSPS) is 33.6. The maximum absolute atomic E-state index is 9.40. The lowest BCUT2D eigenvalue weighted by Crippen LogP contribution is -2.42. The van der Waals surface area contributed by atoms with Crippen molar-refractivity contribution in [3.8, 4) is 0 Å². The maximum atomic E-state index is 9.40. The van der Waals surface area contributed by atoms with Crippen LogP contribution in [0.5, 0.6) is 0 Å². The molecule has 0 bridgehead atoms. The van der Waals surface area contributed by atoms with Crippen LogP contribution < -0.4 is 0 Å². The Balaban J connectivity index is 2.36. The molecular formula is C9H17NO. The molecule has 0 aliphatic carbocycles. The largest absolute Gasteiger partial charge is 0.392 e. The summed E-state index contributed by atoms with van der Waals surface area (Å²) >= 11 is 0. The SMILES string of the molecule is C=CCN1C[C@H](C)C[C@H](O)C1. The van der Waals surface area contributed by atoms with E-state index in [1.807, 2.05) is 6.08 Å². The molecule has 1 heterocycles. The number of rotatable bonds is 2. The Labute approximate surface area is 68.5 Å². The topological polar surface area (TPSA) is 23.5 Å². The fourth-order valence-electron chi connectivity index (χ4n) is 1.76. The van der Waals surface area contributed by atoms with E-state index >= 15 is 0 Å². The van der Waals surface area contributed by atoms with Gasteiger partial charge in [0.1, 0.15) is 0 Å². The van der Waals surface area contributed by atoms with E-state index in [9.17, 15) is 5.11 Å². The Morgan fingerprint density at radius 2 is 2.36 bits per heavy atom. The minimum Gasteiger partial charge on any atom is -0.392 e. The monoisotopic (exact) mass is 155 g/mol. The number of nitrogens with zero attached hydrogens (tertiary/aromatic N) is 1. The molecule has 0 radical (unpaired) electrons. The van der Waals surface area contributed by atoms with Gasteiger partial charge in [0, 0.05) is 19.6 Å². The van der Waals surface area contributed by atoms with Crippen molar-refractivity contribution in [2.75, 3.05) is 19.6 Å². The molecule has 2 heteroatoms. The summed E-state index contributed by atoms with van der Waals surface area (Å²) < 4.78 is 0. The second-order valence-electron chi connectivity index (χ2n) is 3.50. The molecule has 2 nitrogen and oxygen atoms in total. The number of aliphatic hydroxyl groups excluding tert-OH is 1. The van der Waals surface area contributed by atoms with Crippen LogP contribution in [-0.4, -0.2) is 35.7 Å². The van der Waals surface area contributed by atoms with E-state index in [2.05, 4.69) is 18.4 Å². The summed E-state index contributed by atoms with van der Waals surface area (Å²) in [7, 11) is 0. The molecule has 2 atom stereocenters. The Hall–Kier alpha value is -0.340. The minimum atomic E-state index is -0.126. The zero-order chi connectivity index (χ0) is 8.27. The van der Waals surface area contributed by atoms with Crippen molar-refractivity contribution >= 4 is 0 Å². The summed E-state index contributed by atoms with van der Waals surface area (Å²) in [4.78, 5) is 2.24. The van der Waals surface area contributed by atoms with Crippen LogP contribution in [0.1, 0.15) is 13.3 Å². The summed E-state index contributed by atoms with van der Waals surface area (Å²) in [5.74, 6) is 0.624. The van der Waals surface area contributed by atoms with Crippen LogP contribution in [-0.2, 0) is 0 Å². The summed E-state index contributed by atoms with van der Waals surface area (Å²) in [6.45, 7) is 8.68. The number of hydrogen-bond donors (Lipinski definition) is 1. The van der Waals surface area contributed by atoms with Gasteiger partial charge in [-0.3, -0.25) is 4.90 Å². The highest BCUT2D eigenvalue weighted by atomic mass is 16.3. The van der Waals surface area contributed by atoms with Gasteiger partial charge in [0.25, 0.3) is 0 Å². The molecule has 11 heavy (non-hydrogen) atoms. The van der Waals surface area contributed by atoms with Gasteiger partial charge < -0.3 is 5.11 Å². The van der Waals surface area contributed by atoms with Crippen molar-refractivity contribution in [1.29, 1.82) is 0 Å². The second-order valence-corrected chi connectivity index (χ2v) is 3.50. The average molecular weight is 155 g/mol. The fraction of sp³-hybridized carbons (Fsp3) is 0.778. The van der Waals surface area contributed by atoms with Gasteiger partial charge >= 0.3 is 0 Å². The first kappa shape index (κ1) is 8.75. The molecule has 1 rings (SSSR count). The smallest absolute Gasteiger partial charge is 0.0670 e. The van der Waals surface area contributed by atoms with Crippen molar-refractivity contribution in [2.45, 2.75) is 19.4 Å². The van der Waals surface area contributed by atoms with E-state index in [1.165, 1.54) is 0 Å². The van der Waals surface area contributed by atoms with Crippen LogP contribution in [0, 0.1) is 5.92 Å². The van der Waals surface area contributed by atoms with Crippen molar-refractivity contribution < 1.29 is 5.11 Å². The van der Waals surface area contributed by atoms with Gasteiger partial charge in [-0.2, -0.15) is 0 Å². The average Bonchev–Trinajstić information content (AvgIpc) is 1.85. The van der Waals surface area contributed by atoms with Gasteiger partial charge in [0.05, 0.1) is 6.10 Å². The van der Waals surface area contributed by atoms with Crippen molar-refractivity contribution in [1.82, 2.24) is 4.90 Å². The van der Waals surface area contributed by atoms with Crippen LogP contribution in [0.15, 0.2) is 12.7 Å². The molecule has 0 aromatic heterocycles. The molecule has 1 aliphatic heterocycles. The highest BCUT2D eigenvalue weighted by molar-refractivity contribution is 4.81. The molecule has 0 unspecified atom stereocenters. The van der Waals surface area contributed by atoms with Gasteiger partial charge in [-0.1, -0.05) is 13.0 Å². The molecule has 0 saturated carbocycles. The first-order valence-corrected chi connectivity index (χ1v) is 4.23. The van der Waals surface area contributed by atoms with Crippen LogP contribution in [0.25, 0.3) is 0 Å². The summed E-state index contributed by atoms with van der Waals surface area (Å²) in [6.07, 6.45) is 2.72. The molecule has 1 saturated heterocycles. The molecule has 0 spiro atoms. The summed E-state index contributed by atoms with van der Waals surface area (Å²) in [6, 6.07) is 0. The standard InChI is InChI=1S/C9H17NO/c1-3-4-10-6-8(2)5-9(11)7-10/h3,8-9,11H,1,4-7H2,2H3/t8-,9+/m1/s1. The lowest BCUT2D eigenvalue weighted by molar-refractivity contribution is 0.0508. The van der Waals surface area contributed by atoms with E-state index in [0.29, 0.717) is 5.92 Å². The first-order chi connectivity index (χ1) is 5.22. The lowest BCUT2D eigenvalue weighted by Gasteiger charge is -2.33. The lowest BCUT2D eigenvalue weighted by atomic mass is 9.98. The van der Waals surface area contributed by atoms with Crippen LogP contribution in [0.3, 0.4) is 0 Å². The van der Waals surface area contributed by atoms with Crippen molar-refractivity contribution in [2.24, 2.45) is 5.92 Å². The van der Waals surface area contributed by atoms with E-state index in [1.54, 1.807) is 0 Å². The van der Waals surface area contributed by atoms with Crippen LogP contribution in [0.2, 0.25) is 0 Å². The van der Waals surface area contributed by atoms with Gasteiger partial charge in [-0.05, 0) is 12.3 Å². The van der Waals surface area contributed by atoms with Gasteiger partial charge in [-0.25, -0.2) is 0 Å². The minimum absolute atomic E-state index is 0.126. The highest BCUT2D eigenvalue weighted by Gasteiger charge is 2.21. The number of likely N-dealkylation sites (tertiary alicyclic amines) is 1. The van der Waals surface area contributed by atoms with Crippen molar-refractivity contribution in [3.05, 3.63) is 12.7 Å². The highest BCUT2D eigenvalue weighted by Crippen LogP contribution is 2.15. The van der Waals surface area contributed by atoms with E-state index in [4.69, 9.17) is 0 Å². The van der Waals surface area contributed by atoms with E-state index < -0.39 is 0 Å². The first-order valence-electron chi connectivity index (χ1n) is 4.23. The molecular weight excluding hydrogens is 138 g/mol. The van der Waals surface area contributed by atoms with E-state index in [-0.39, 0.29) is 6.10 Å². The molecule has 0 aromatic rings. The molecule has 0 amide bonds. The third-order valence-corrected chi connectivity index (χ3v) is 2.10. The van der Waals surface area contributed by atoms with E-state index in [0.717, 1.165) is 26.1 Å². The third-order valence-electron chi connectivity index (χ3n) is 2.10. The van der Waals surface area contributed by atoms with Gasteiger partial charge in [-0.15, -0.1) is 6.58 Å². The van der Waals surface area contributed by atoms with Gasteiger partial charge in [0.2, 0.25) is 0 Å². The second kappa shape index (κ2) is 3.88. The Morgan fingerprint density at radius 3 is 2.91 bits per heavy atom. The maximum Gasteiger partial charge on any atom is 0.0670 e. The number of β-amino-alcohol motifs (C(OH)–C–C–N with tert-alkyl or cyclic N) is 1. The quantitative estimate of drug-likeness (QED) is 0.598. The molecule has 64 valence electrons. The number of piperidine rings is 1. The molecule has 1 N–H and O–H groups in total.